The van der Waals surface area contributed by atoms with Gasteiger partial charge >= 0.3 is 5.97 Å². The SMILES string of the molecule is COC(=O)c1ccc2c(c1)Sc1ccc3c(c1CC2)CCC3. The van der Waals surface area contributed by atoms with E-state index < -0.39 is 0 Å². The molecule has 2 aliphatic rings. The van der Waals surface area contributed by atoms with Crippen LogP contribution in [0.25, 0.3) is 0 Å². The molecule has 2 aromatic carbocycles. The molecule has 1 aliphatic heterocycles. The summed E-state index contributed by atoms with van der Waals surface area (Å²) < 4.78 is 4.84. The summed E-state index contributed by atoms with van der Waals surface area (Å²) in [5.74, 6) is -0.262. The van der Waals surface area contributed by atoms with Crippen LogP contribution in [0.15, 0.2) is 40.1 Å². The first kappa shape index (κ1) is 13.9. The average Bonchev–Trinajstić information content (AvgIpc) is 2.94. The summed E-state index contributed by atoms with van der Waals surface area (Å²) in [6, 6.07) is 10.5. The van der Waals surface area contributed by atoms with E-state index in [1.165, 1.54) is 47.3 Å². The Morgan fingerprint density at radius 3 is 2.68 bits per heavy atom. The Balaban J connectivity index is 1.77. The van der Waals surface area contributed by atoms with Crippen LogP contribution in [0.3, 0.4) is 0 Å². The predicted octanol–water partition coefficient (Wildman–Crippen LogP) is 4.21. The molecule has 0 atom stereocenters. The Hall–Kier alpha value is -1.74. The van der Waals surface area contributed by atoms with Crippen molar-refractivity contribution in [2.75, 3.05) is 7.11 Å². The van der Waals surface area contributed by atoms with Crippen LogP contribution >= 0.6 is 11.8 Å². The molecule has 0 N–H and O–H groups in total. The van der Waals surface area contributed by atoms with Gasteiger partial charge in [-0.05, 0) is 72.6 Å². The molecule has 0 fully saturated rings. The first-order valence-corrected chi connectivity index (χ1v) is 8.60. The van der Waals surface area contributed by atoms with Gasteiger partial charge in [0.15, 0.2) is 0 Å². The minimum atomic E-state index is -0.262. The van der Waals surface area contributed by atoms with E-state index in [0.717, 1.165) is 12.8 Å². The summed E-state index contributed by atoms with van der Waals surface area (Å²) in [5.41, 5.74) is 6.64. The van der Waals surface area contributed by atoms with Gasteiger partial charge in [-0.1, -0.05) is 23.9 Å². The van der Waals surface area contributed by atoms with Crippen molar-refractivity contribution < 1.29 is 9.53 Å². The molecule has 22 heavy (non-hydrogen) atoms. The number of methoxy groups -OCH3 is 1. The zero-order valence-electron chi connectivity index (χ0n) is 12.6. The first-order chi connectivity index (χ1) is 10.8. The van der Waals surface area contributed by atoms with Gasteiger partial charge in [0.25, 0.3) is 0 Å². The van der Waals surface area contributed by atoms with Crippen LogP contribution < -0.4 is 0 Å². The number of aryl methyl sites for hydroxylation is 2. The summed E-state index contributed by atoms with van der Waals surface area (Å²) in [6.45, 7) is 0. The average molecular weight is 310 g/mol. The van der Waals surface area contributed by atoms with Crippen molar-refractivity contribution in [3.05, 3.63) is 58.1 Å². The number of carbonyl (C=O) groups is 1. The normalized spacial score (nSPS) is 15.5. The van der Waals surface area contributed by atoms with E-state index in [-0.39, 0.29) is 5.97 Å². The maximum atomic E-state index is 11.8. The lowest BCUT2D eigenvalue weighted by Crippen LogP contribution is -2.02. The van der Waals surface area contributed by atoms with Gasteiger partial charge in [-0.2, -0.15) is 0 Å². The zero-order chi connectivity index (χ0) is 15.1. The van der Waals surface area contributed by atoms with Crippen molar-refractivity contribution in [2.24, 2.45) is 0 Å². The third-order valence-electron chi connectivity index (χ3n) is 4.71. The van der Waals surface area contributed by atoms with Gasteiger partial charge in [-0.15, -0.1) is 0 Å². The van der Waals surface area contributed by atoms with E-state index in [9.17, 15) is 4.79 Å². The van der Waals surface area contributed by atoms with Crippen molar-refractivity contribution in [3.8, 4) is 0 Å². The van der Waals surface area contributed by atoms with E-state index in [1.54, 1.807) is 22.9 Å². The molecule has 0 spiro atoms. The Morgan fingerprint density at radius 1 is 0.955 bits per heavy atom. The first-order valence-electron chi connectivity index (χ1n) is 7.79. The number of hydrogen-bond donors (Lipinski definition) is 0. The fourth-order valence-corrected chi connectivity index (χ4v) is 4.78. The molecule has 0 aromatic heterocycles. The van der Waals surface area contributed by atoms with Crippen LogP contribution in [0.5, 0.6) is 0 Å². The molecule has 0 amide bonds. The van der Waals surface area contributed by atoms with Crippen molar-refractivity contribution in [1.82, 2.24) is 0 Å². The molecule has 0 saturated heterocycles. The molecule has 0 unspecified atom stereocenters. The summed E-state index contributed by atoms with van der Waals surface area (Å²) in [4.78, 5) is 14.3. The van der Waals surface area contributed by atoms with Gasteiger partial charge in [0.05, 0.1) is 12.7 Å². The fourth-order valence-electron chi connectivity index (χ4n) is 3.57. The minimum Gasteiger partial charge on any atom is -0.465 e. The van der Waals surface area contributed by atoms with Gasteiger partial charge < -0.3 is 4.74 Å². The van der Waals surface area contributed by atoms with Crippen LogP contribution in [0, 0.1) is 0 Å². The molecule has 2 nitrogen and oxygen atoms in total. The number of carbonyl (C=O) groups excluding carboxylic acids is 1. The Morgan fingerprint density at radius 2 is 1.82 bits per heavy atom. The molecule has 0 saturated carbocycles. The number of benzene rings is 2. The minimum absolute atomic E-state index is 0.262. The molecule has 0 bridgehead atoms. The molecular weight excluding hydrogens is 292 g/mol. The van der Waals surface area contributed by atoms with Crippen LogP contribution in [0.2, 0.25) is 0 Å². The number of ether oxygens (including phenoxy) is 1. The molecule has 4 rings (SSSR count). The molecule has 1 heterocycles. The van der Waals surface area contributed by atoms with Crippen LogP contribution in [0.4, 0.5) is 0 Å². The second kappa shape index (κ2) is 5.47. The third-order valence-corrected chi connectivity index (χ3v) is 5.91. The van der Waals surface area contributed by atoms with Gasteiger partial charge in [0.1, 0.15) is 0 Å². The lowest BCUT2D eigenvalue weighted by Gasteiger charge is -2.11. The molecule has 0 radical (unpaired) electrons. The standard InChI is InChI=1S/C19H18O2S/c1-21-19(20)14-6-5-13-7-9-16-15-4-2-3-12(15)8-10-17(16)22-18(13)11-14/h5-6,8,10-11H,2-4,7,9H2,1H3. The lowest BCUT2D eigenvalue weighted by molar-refractivity contribution is 0.0600. The second-order valence-electron chi connectivity index (χ2n) is 5.95. The van der Waals surface area contributed by atoms with Crippen molar-refractivity contribution in [2.45, 2.75) is 41.9 Å². The van der Waals surface area contributed by atoms with Gasteiger partial charge in [0, 0.05) is 9.79 Å². The monoisotopic (exact) mass is 310 g/mol. The molecule has 2 aromatic rings. The van der Waals surface area contributed by atoms with E-state index in [0.29, 0.717) is 5.56 Å². The number of fused-ring (bicyclic) bond motifs is 4. The Bertz CT molecular complexity index is 764. The second-order valence-corrected chi connectivity index (χ2v) is 7.03. The van der Waals surface area contributed by atoms with Crippen molar-refractivity contribution in [3.63, 3.8) is 0 Å². The van der Waals surface area contributed by atoms with Crippen LogP contribution in [-0.2, 0) is 30.4 Å². The highest BCUT2D eigenvalue weighted by atomic mass is 32.2. The highest BCUT2D eigenvalue weighted by molar-refractivity contribution is 7.99. The van der Waals surface area contributed by atoms with Gasteiger partial charge in [-0.25, -0.2) is 4.79 Å². The predicted molar refractivity (Wildman–Crippen MR) is 87.8 cm³/mol. The quantitative estimate of drug-likeness (QED) is 0.738. The summed E-state index contributed by atoms with van der Waals surface area (Å²) in [6.07, 6.45) is 5.90. The fraction of sp³-hybridized carbons (Fsp3) is 0.316. The smallest absolute Gasteiger partial charge is 0.337 e. The lowest BCUT2D eigenvalue weighted by atomic mass is 9.97. The van der Waals surface area contributed by atoms with E-state index >= 15 is 0 Å². The van der Waals surface area contributed by atoms with Gasteiger partial charge in [-0.3, -0.25) is 0 Å². The molecule has 1 aliphatic carbocycles. The number of esters is 1. The van der Waals surface area contributed by atoms with E-state index in [4.69, 9.17) is 4.74 Å². The van der Waals surface area contributed by atoms with Crippen molar-refractivity contribution >= 4 is 17.7 Å². The Kier molecular flexibility index (Phi) is 3.45. The Labute approximate surface area is 134 Å². The van der Waals surface area contributed by atoms with E-state index in [2.05, 4.69) is 18.2 Å². The zero-order valence-corrected chi connectivity index (χ0v) is 13.5. The maximum Gasteiger partial charge on any atom is 0.337 e. The number of rotatable bonds is 1. The van der Waals surface area contributed by atoms with E-state index in [1.807, 2.05) is 12.1 Å². The van der Waals surface area contributed by atoms with Gasteiger partial charge in [0.2, 0.25) is 0 Å². The highest BCUT2D eigenvalue weighted by Crippen LogP contribution is 2.41. The molecule has 3 heteroatoms. The summed E-state index contributed by atoms with van der Waals surface area (Å²) in [7, 11) is 1.43. The third kappa shape index (κ3) is 2.24. The largest absolute Gasteiger partial charge is 0.465 e. The van der Waals surface area contributed by atoms with Crippen LogP contribution in [0.1, 0.15) is 39.0 Å². The highest BCUT2D eigenvalue weighted by Gasteiger charge is 2.22. The number of hydrogen-bond acceptors (Lipinski definition) is 3. The summed E-state index contributed by atoms with van der Waals surface area (Å²) >= 11 is 1.80. The summed E-state index contributed by atoms with van der Waals surface area (Å²) in [5, 5.41) is 0. The van der Waals surface area contributed by atoms with Crippen LogP contribution in [-0.4, -0.2) is 13.1 Å². The molecule has 112 valence electrons. The topological polar surface area (TPSA) is 26.3 Å². The van der Waals surface area contributed by atoms with Crippen molar-refractivity contribution in [1.29, 1.82) is 0 Å². The maximum absolute atomic E-state index is 11.8. The molecular formula is C19H18O2S.